The van der Waals surface area contributed by atoms with Crippen molar-refractivity contribution in [2.75, 3.05) is 5.32 Å². The van der Waals surface area contributed by atoms with E-state index in [9.17, 15) is 4.39 Å². The first-order valence-electron chi connectivity index (χ1n) is 9.19. The minimum absolute atomic E-state index is 0.129. The summed E-state index contributed by atoms with van der Waals surface area (Å²) in [6.45, 7) is 4.19. The fourth-order valence-electron chi connectivity index (χ4n) is 3.18. The minimum atomic E-state index is -0.259. The molecule has 0 amide bonds. The van der Waals surface area contributed by atoms with Gasteiger partial charge in [0, 0.05) is 23.4 Å². The van der Waals surface area contributed by atoms with E-state index < -0.39 is 0 Å². The molecule has 4 aromatic rings. The van der Waals surface area contributed by atoms with Crippen molar-refractivity contribution in [3.63, 3.8) is 0 Å². The van der Waals surface area contributed by atoms with Gasteiger partial charge in [0.1, 0.15) is 11.6 Å². The van der Waals surface area contributed by atoms with Crippen molar-refractivity contribution in [2.45, 2.75) is 19.9 Å². The van der Waals surface area contributed by atoms with E-state index in [1.807, 2.05) is 12.1 Å². The first-order chi connectivity index (χ1) is 13.6. The van der Waals surface area contributed by atoms with Crippen LogP contribution in [-0.2, 0) is 0 Å². The predicted octanol–water partition coefficient (Wildman–Crippen LogP) is 5.76. The van der Waals surface area contributed by atoms with Gasteiger partial charge in [-0.25, -0.2) is 9.37 Å². The Morgan fingerprint density at radius 3 is 2.46 bits per heavy atom. The standard InChI is InChI=1S/C23H21FN4/c1-15-3-5-17(6-4-15)16(2)27-22-13-19(11-12-25-22)21-14-26-28-23(21)18-7-9-20(24)10-8-18/h3-14,16H,1-2H3,(H,25,27)(H,26,28). The van der Waals surface area contributed by atoms with Crippen LogP contribution in [0.2, 0.25) is 0 Å². The molecule has 4 rings (SSSR count). The Morgan fingerprint density at radius 2 is 1.71 bits per heavy atom. The van der Waals surface area contributed by atoms with Crippen LogP contribution in [0.15, 0.2) is 73.1 Å². The highest BCUT2D eigenvalue weighted by Gasteiger charge is 2.12. The van der Waals surface area contributed by atoms with Crippen LogP contribution in [-0.4, -0.2) is 15.2 Å². The molecule has 1 atom stereocenters. The molecule has 0 saturated carbocycles. The summed E-state index contributed by atoms with van der Waals surface area (Å²) in [6, 6.07) is 18.9. The van der Waals surface area contributed by atoms with Crippen molar-refractivity contribution in [3.8, 4) is 22.4 Å². The normalized spacial score (nSPS) is 12.0. The summed E-state index contributed by atoms with van der Waals surface area (Å²) < 4.78 is 13.2. The molecule has 0 bridgehead atoms. The highest BCUT2D eigenvalue weighted by atomic mass is 19.1. The molecule has 0 aliphatic heterocycles. The molecule has 0 aliphatic rings. The van der Waals surface area contributed by atoms with Gasteiger partial charge in [0.15, 0.2) is 0 Å². The van der Waals surface area contributed by atoms with Gasteiger partial charge in [-0.2, -0.15) is 5.10 Å². The molecule has 2 heterocycles. The number of aromatic amines is 1. The zero-order valence-electron chi connectivity index (χ0n) is 15.8. The number of aryl methyl sites for hydroxylation is 1. The molecule has 1 unspecified atom stereocenters. The second-order valence-corrected chi connectivity index (χ2v) is 6.87. The van der Waals surface area contributed by atoms with Gasteiger partial charge < -0.3 is 5.32 Å². The van der Waals surface area contributed by atoms with E-state index in [0.29, 0.717) is 0 Å². The minimum Gasteiger partial charge on any atom is -0.364 e. The SMILES string of the molecule is Cc1ccc(C(C)Nc2cc(-c3cn[nH]c3-c3ccc(F)cc3)ccn2)cc1. The van der Waals surface area contributed by atoms with Gasteiger partial charge in [0.2, 0.25) is 0 Å². The van der Waals surface area contributed by atoms with Crippen molar-refractivity contribution in [1.29, 1.82) is 0 Å². The van der Waals surface area contributed by atoms with Crippen LogP contribution >= 0.6 is 0 Å². The lowest BCUT2D eigenvalue weighted by molar-refractivity contribution is 0.628. The third-order valence-electron chi connectivity index (χ3n) is 4.78. The van der Waals surface area contributed by atoms with E-state index in [2.05, 4.69) is 58.6 Å². The van der Waals surface area contributed by atoms with E-state index >= 15 is 0 Å². The summed E-state index contributed by atoms with van der Waals surface area (Å²) in [6.07, 6.45) is 3.56. The molecule has 140 valence electrons. The van der Waals surface area contributed by atoms with Crippen LogP contribution in [0.1, 0.15) is 24.1 Å². The molecule has 0 saturated heterocycles. The molecule has 5 heteroatoms. The fraction of sp³-hybridized carbons (Fsp3) is 0.130. The quantitative estimate of drug-likeness (QED) is 0.468. The predicted molar refractivity (Wildman–Crippen MR) is 110 cm³/mol. The number of hydrogen-bond donors (Lipinski definition) is 2. The summed E-state index contributed by atoms with van der Waals surface area (Å²) in [5.41, 5.74) is 6.11. The van der Waals surface area contributed by atoms with Crippen molar-refractivity contribution in [1.82, 2.24) is 15.2 Å². The summed E-state index contributed by atoms with van der Waals surface area (Å²) in [4.78, 5) is 4.46. The summed E-state index contributed by atoms with van der Waals surface area (Å²) in [7, 11) is 0. The third kappa shape index (κ3) is 3.78. The number of rotatable bonds is 5. The highest BCUT2D eigenvalue weighted by molar-refractivity contribution is 5.81. The molecule has 28 heavy (non-hydrogen) atoms. The van der Waals surface area contributed by atoms with E-state index in [-0.39, 0.29) is 11.9 Å². The first-order valence-corrected chi connectivity index (χ1v) is 9.19. The zero-order chi connectivity index (χ0) is 19.5. The maximum Gasteiger partial charge on any atom is 0.126 e. The number of hydrogen-bond acceptors (Lipinski definition) is 3. The lowest BCUT2D eigenvalue weighted by atomic mass is 10.0. The van der Waals surface area contributed by atoms with Crippen molar-refractivity contribution in [3.05, 3.63) is 90.0 Å². The topological polar surface area (TPSA) is 53.6 Å². The molecular formula is C23H21FN4. The molecule has 4 nitrogen and oxygen atoms in total. The molecular weight excluding hydrogens is 351 g/mol. The van der Waals surface area contributed by atoms with Crippen LogP contribution < -0.4 is 5.32 Å². The lowest BCUT2D eigenvalue weighted by Gasteiger charge is -2.16. The number of aromatic nitrogens is 3. The second-order valence-electron chi connectivity index (χ2n) is 6.87. The number of anilines is 1. The van der Waals surface area contributed by atoms with Gasteiger partial charge in [0.05, 0.1) is 11.9 Å². The molecule has 0 fully saturated rings. The van der Waals surface area contributed by atoms with Gasteiger partial charge >= 0.3 is 0 Å². The zero-order valence-corrected chi connectivity index (χ0v) is 15.8. The third-order valence-corrected chi connectivity index (χ3v) is 4.78. The van der Waals surface area contributed by atoms with Gasteiger partial charge in [-0.3, -0.25) is 5.10 Å². The van der Waals surface area contributed by atoms with Crippen LogP contribution in [0.25, 0.3) is 22.4 Å². The number of benzene rings is 2. The van der Waals surface area contributed by atoms with Crippen molar-refractivity contribution >= 4 is 5.82 Å². The van der Waals surface area contributed by atoms with Crippen LogP contribution in [0.3, 0.4) is 0 Å². The van der Waals surface area contributed by atoms with Gasteiger partial charge in [-0.15, -0.1) is 0 Å². The number of H-pyrrole nitrogens is 1. The molecule has 0 aliphatic carbocycles. The molecule has 2 aromatic heterocycles. The first kappa shape index (κ1) is 17.9. The van der Waals surface area contributed by atoms with E-state index in [4.69, 9.17) is 0 Å². The van der Waals surface area contributed by atoms with E-state index in [1.165, 1.54) is 23.3 Å². The Hall–Kier alpha value is -3.47. The molecule has 0 spiro atoms. The second kappa shape index (κ2) is 7.64. The molecule has 2 N–H and O–H groups in total. The molecule has 0 radical (unpaired) electrons. The largest absolute Gasteiger partial charge is 0.364 e. The Bertz CT molecular complexity index is 1070. The van der Waals surface area contributed by atoms with Gasteiger partial charge in [-0.1, -0.05) is 29.8 Å². The maximum atomic E-state index is 13.2. The van der Waals surface area contributed by atoms with Crippen LogP contribution in [0.5, 0.6) is 0 Å². The van der Waals surface area contributed by atoms with E-state index in [1.54, 1.807) is 24.5 Å². The average molecular weight is 372 g/mol. The van der Waals surface area contributed by atoms with Crippen LogP contribution in [0, 0.1) is 12.7 Å². The van der Waals surface area contributed by atoms with Gasteiger partial charge in [-0.05, 0) is 61.4 Å². The maximum absolute atomic E-state index is 13.2. The Morgan fingerprint density at radius 1 is 0.964 bits per heavy atom. The molecule has 2 aromatic carbocycles. The number of nitrogens with one attached hydrogen (secondary N) is 2. The van der Waals surface area contributed by atoms with Crippen molar-refractivity contribution in [2.24, 2.45) is 0 Å². The summed E-state index contributed by atoms with van der Waals surface area (Å²) >= 11 is 0. The summed E-state index contributed by atoms with van der Waals surface area (Å²) in [5.74, 6) is 0.530. The fourth-order valence-corrected chi connectivity index (χ4v) is 3.18. The lowest BCUT2D eigenvalue weighted by Crippen LogP contribution is -2.07. The monoisotopic (exact) mass is 372 g/mol. The highest BCUT2D eigenvalue weighted by Crippen LogP contribution is 2.31. The Kier molecular flexibility index (Phi) is 4.89. The Balaban J connectivity index is 1.60. The number of pyridine rings is 1. The number of nitrogens with zero attached hydrogens (tertiary/aromatic N) is 2. The Labute approximate surface area is 163 Å². The number of halogens is 1. The van der Waals surface area contributed by atoms with Crippen LogP contribution in [0.4, 0.5) is 10.2 Å². The summed E-state index contributed by atoms with van der Waals surface area (Å²) in [5, 5.41) is 10.7. The van der Waals surface area contributed by atoms with Gasteiger partial charge in [0.25, 0.3) is 0 Å². The van der Waals surface area contributed by atoms with Crippen molar-refractivity contribution < 1.29 is 4.39 Å². The average Bonchev–Trinajstić information content (AvgIpc) is 3.19. The van der Waals surface area contributed by atoms with E-state index in [0.717, 1.165) is 28.2 Å². The smallest absolute Gasteiger partial charge is 0.126 e.